The molecule has 1 aliphatic rings. The maximum Gasteiger partial charge on any atom is 0.163 e. The first kappa shape index (κ1) is 13.0. The van der Waals surface area contributed by atoms with E-state index in [1.54, 1.807) is 0 Å². The van der Waals surface area contributed by atoms with Gasteiger partial charge in [0.15, 0.2) is 17.6 Å². The summed E-state index contributed by atoms with van der Waals surface area (Å²) < 4.78 is 11.5. The minimum Gasteiger partial charge on any atom is -0.486 e. The predicted octanol–water partition coefficient (Wildman–Crippen LogP) is 3.18. The minimum absolute atomic E-state index is 0.353. The number of aryl methyl sites for hydroxylation is 2. The second-order valence-corrected chi connectivity index (χ2v) is 5.22. The van der Waals surface area contributed by atoms with Gasteiger partial charge in [0.25, 0.3) is 0 Å². The molecule has 1 heterocycles. The van der Waals surface area contributed by atoms with E-state index in [4.69, 9.17) is 9.47 Å². The van der Waals surface area contributed by atoms with Crippen LogP contribution in [0, 0.1) is 13.8 Å². The zero-order valence-electron chi connectivity index (χ0n) is 11.7. The number of benzene rings is 2. The first-order valence-electron chi connectivity index (χ1n) is 6.79. The molecule has 2 atom stereocenters. The molecule has 0 amide bonds. The Balaban J connectivity index is 1.84. The maximum atomic E-state index is 10.5. The fraction of sp³-hybridized carbons (Fsp3) is 0.294. The Morgan fingerprint density at radius 2 is 1.85 bits per heavy atom. The highest BCUT2D eigenvalue weighted by Gasteiger charge is 2.29. The van der Waals surface area contributed by atoms with Crippen LogP contribution in [-0.2, 0) is 0 Å². The van der Waals surface area contributed by atoms with E-state index in [0.717, 1.165) is 16.9 Å². The van der Waals surface area contributed by atoms with E-state index < -0.39 is 6.10 Å². The van der Waals surface area contributed by atoms with Crippen molar-refractivity contribution in [1.29, 1.82) is 0 Å². The number of ether oxygens (including phenoxy) is 2. The van der Waals surface area contributed by atoms with Crippen LogP contribution in [0.2, 0.25) is 0 Å². The summed E-state index contributed by atoms with van der Waals surface area (Å²) in [5.41, 5.74) is 3.15. The monoisotopic (exact) mass is 270 g/mol. The summed E-state index contributed by atoms with van der Waals surface area (Å²) in [6, 6.07) is 13.6. The third-order valence-corrected chi connectivity index (χ3v) is 3.63. The summed E-state index contributed by atoms with van der Waals surface area (Å²) >= 11 is 0. The van der Waals surface area contributed by atoms with E-state index in [0.29, 0.717) is 12.4 Å². The van der Waals surface area contributed by atoms with Gasteiger partial charge < -0.3 is 14.6 Å². The Morgan fingerprint density at radius 3 is 2.60 bits per heavy atom. The largest absolute Gasteiger partial charge is 0.486 e. The lowest BCUT2D eigenvalue weighted by Crippen LogP contribution is -2.35. The quantitative estimate of drug-likeness (QED) is 0.911. The first-order chi connectivity index (χ1) is 9.65. The molecule has 0 aliphatic carbocycles. The molecule has 1 N–H and O–H groups in total. The van der Waals surface area contributed by atoms with Crippen molar-refractivity contribution in [2.45, 2.75) is 26.1 Å². The first-order valence-corrected chi connectivity index (χ1v) is 6.79. The average Bonchev–Trinajstić information content (AvgIpc) is 2.46. The molecule has 0 radical (unpaired) electrons. The van der Waals surface area contributed by atoms with E-state index in [9.17, 15) is 5.11 Å². The summed E-state index contributed by atoms with van der Waals surface area (Å²) in [6.07, 6.45) is -1.07. The van der Waals surface area contributed by atoms with Crippen LogP contribution in [-0.4, -0.2) is 17.8 Å². The fourth-order valence-electron chi connectivity index (χ4n) is 2.55. The summed E-state index contributed by atoms with van der Waals surface area (Å²) in [4.78, 5) is 0. The summed E-state index contributed by atoms with van der Waals surface area (Å²) in [7, 11) is 0. The third-order valence-electron chi connectivity index (χ3n) is 3.63. The van der Waals surface area contributed by atoms with E-state index in [-0.39, 0.29) is 6.10 Å². The topological polar surface area (TPSA) is 38.7 Å². The number of para-hydroxylation sites is 2. The van der Waals surface area contributed by atoms with Gasteiger partial charge in [-0.1, -0.05) is 35.9 Å². The van der Waals surface area contributed by atoms with E-state index in [1.165, 1.54) is 5.56 Å². The van der Waals surface area contributed by atoms with Crippen molar-refractivity contribution in [2.75, 3.05) is 6.61 Å². The van der Waals surface area contributed by atoms with Gasteiger partial charge in [-0.3, -0.25) is 0 Å². The zero-order chi connectivity index (χ0) is 14.1. The van der Waals surface area contributed by atoms with Crippen molar-refractivity contribution in [1.82, 2.24) is 0 Å². The van der Waals surface area contributed by atoms with Gasteiger partial charge in [-0.25, -0.2) is 0 Å². The van der Waals surface area contributed by atoms with Crippen LogP contribution in [0.4, 0.5) is 0 Å². The van der Waals surface area contributed by atoms with Gasteiger partial charge in [-0.05, 0) is 37.1 Å². The van der Waals surface area contributed by atoms with Crippen LogP contribution in [0.5, 0.6) is 11.5 Å². The molecule has 0 saturated heterocycles. The van der Waals surface area contributed by atoms with Gasteiger partial charge in [0, 0.05) is 0 Å². The molecule has 0 aromatic heterocycles. The lowest BCUT2D eigenvalue weighted by atomic mass is 9.97. The van der Waals surface area contributed by atoms with Crippen molar-refractivity contribution in [3.05, 3.63) is 59.2 Å². The maximum absolute atomic E-state index is 10.5. The van der Waals surface area contributed by atoms with Crippen LogP contribution in [0.15, 0.2) is 42.5 Å². The zero-order valence-corrected chi connectivity index (χ0v) is 11.7. The van der Waals surface area contributed by atoms with Crippen LogP contribution in [0.1, 0.15) is 22.8 Å². The van der Waals surface area contributed by atoms with Gasteiger partial charge in [0.2, 0.25) is 0 Å². The van der Waals surface area contributed by atoms with Crippen LogP contribution in [0.3, 0.4) is 0 Å². The molecule has 0 spiro atoms. The molecule has 20 heavy (non-hydrogen) atoms. The number of rotatable bonds is 2. The van der Waals surface area contributed by atoms with Gasteiger partial charge >= 0.3 is 0 Å². The second-order valence-electron chi connectivity index (χ2n) is 5.22. The van der Waals surface area contributed by atoms with Crippen LogP contribution >= 0.6 is 0 Å². The molecular formula is C17H18O3. The SMILES string of the molecule is Cc1ccc(C(O)C2COc3ccccc3O2)c(C)c1. The number of fused-ring (bicyclic) bond motifs is 1. The lowest BCUT2D eigenvalue weighted by Gasteiger charge is -2.30. The lowest BCUT2D eigenvalue weighted by molar-refractivity contribution is -0.0115. The van der Waals surface area contributed by atoms with E-state index in [1.807, 2.05) is 50.2 Å². The highest BCUT2D eigenvalue weighted by Crippen LogP contribution is 2.34. The molecule has 3 rings (SSSR count). The molecule has 0 fully saturated rings. The number of aliphatic hydroxyl groups is 1. The molecule has 3 nitrogen and oxygen atoms in total. The van der Waals surface area contributed by atoms with E-state index >= 15 is 0 Å². The standard InChI is InChI=1S/C17H18O3/c1-11-7-8-13(12(2)9-11)17(18)16-10-19-14-5-3-4-6-15(14)20-16/h3-9,16-18H,10H2,1-2H3. The third kappa shape index (κ3) is 2.37. The molecule has 3 heteroatoms. The van der Waals surface area contributed by atoms with Gasteiger partial charge in [0.1, 0.15) is 12.7 Å². The van der Waals surface area contributed by atoms with Crippen LogP contribution < -0.4 is 9.47 Å². The van der Waals surface area contributed by atoms with Crippen molar-refractivity contribution in [3.63, 3.8) is 0 Å². The number of hydrogen-bond acceptors (Lipinski definition) is 3. The Bertz CT molecular complexity index is 621. The van der Waals surface area contributed by atoms with Gasteiger partial charge in [0.05, 0.1) is 0 Å². The highest BCUT2D eigenvalue weighted by atomic mass is 16.6. The summed E-state index contributed by atoms with van der Waals surface area (Å²) in [5.74, 6) is 1.42. The molecule has 1 aliphatic heterocycles. The Labute approximate surface area is 118 Å². The van der Waals surface area contributed by atoms with Crippen molar-refractivity contribution in [2.24, 2.45) is 0 Å². The van der Waals surface area contributed by atoms with E-state index in [2.05, 4.69) is 6.07 Å². The molecule has 104 valence electrons. The number of hydrogen-bond donors (Lipinski definition) is 1. The minimum atomic E-state index is -0.691. The molecular weight excluding hydrogens is 252 g/mol. The molecule has 0 bridgehead atoms. The van der Waals surface area contributed by atoms with Gasteiger partial charge in [-0.2, -0.15) is 0 Å². The van der Waals surface area contributed by atoms with Crippen LogP contribution in [0.25, 0.3) is 0 Å². The smallest absolute Gasteiger partial charge is 0.163 e. The second kappa shape index (κ2) is 5.17. The molecule has 2 aromatic carbocycles. The van der Waals surface area contributed by atoms with Crippen molar-refractivity contribution < 1.29 is 14.6 Å². The summed E-state index contributed by atoms with van der Waals surface area (Å²) in [5, 5.41) is 10.5. The average molecular weight is 270 g/mol. The fourth-order valence-corrected chi connectivity index (χ4v) is 2.55. The van der Waals surface area contributed by atoms with Crippen molar-refractivity contribution >= 4 is 0 Å². The van der Waals surface area contributed by atoms with Gasteiger partial charge in [-0.15, -0.1) is 0 Å². The summed E-state index contributed by atoms with van der Waals surface area (Å²) in [6.45, 7) is 4.40. The molecule has 0 saturated carbocycles. The highest BCUT2D eigenvalue weighted by molar-refractivity contribution is 5.41. The predicted molar refractivity (Wildman–Crippen MR) is 77.2 cm³/mol. The number of aliphatic hydroxyl groups excluding tert-OH is 1. The Morgan fingerprint density at radius 1 is 1.10 bits per heavy atom. The van der Waals surface area contributed by atoms with Crippen molar-refractivity contribution in [3.8, 4) is 11.5 Å². The molecule has 2 unspecified atom stereocenters. The Kier molecular flexibility index (Phi) is 3.36. The molecule has 2 aromatic rings. The Hall–Kier alpha value is -2.00. The normalized spacial score (nSPS) is 18.6.